The minimum atomic E-state index is -2.07. The summed E-state index contributed by atoms with van der Waals surface area (Å²) in [7, 11) is -12.4. The molecule has 0 fully saturated rings. The van der Waals surface area contributed by atoms with E-state index >= 15 is 0 Å². The van der Waals surface area contributed by atoms with Crippen LogP contribution in [0.4, 0.5) is 0 Å². The molecule has 0 atom stereocenters. The average molecular weight is 1370 g/mol. The van der Waals surface area contributed by atoms with Gasteiger partial charge in [0.2, 0.25) is 0 Å². The molecular weight excluding hydrogens is 1210 g/mol. The van der Waals surface area contributed by atoms with Crippen molar-refractivity contribution in [2.45, 2.75) is 465 Å². The molecule has 0 saturated carbocycles. The molecular formula is C74H162Si6Sm. The third-order valence-electron chi connectivity index (χ3n) is 22.9. The van der Waals surface area contributed by atoms with Crippen molar-refractivity contribution in [2.24, 2.45) is 0 Å². The maximum absolute atomic E-state index is 2.71. The van der Waals surface area contributed by atoms with E-state index in [4.69, 9.17) is 0 Å². The van der Waals surface area contributed by atoms with Crippen LogP contribution in [0.5, 0.6) is 0 Å². The van der Waals surface area contributed by atoms with Crippen LogP contribution in [0.3, 0.4) is 0 Å². The molecule has 0 aliphatic carbocycles. The van der Waals surface area contributed by atoms with E-state index in [9.17, 15) is 0 Å². The van der Waals surface area contributed by atoms with Gasteiger partial charge in [-0.05, 0) is 0 Å². The fraction of sp³-hybridized carbons (Fsp3) is 1.00. The van der Waals surface area contributed by atoms with Crippen LogP contribution in [-0.2, 0) is 0 Å². The maximum atomic E-state index is 2.71. The van der Waals surface area contributed by atoms with Crippen molar-refractivity contribution < 1.29 is 36.3 Å². The number of hydrogen-bond acceptors (Lipinski definition) is 0. The van der Waals surface area contributed by atoms with Crippen LogP contribution in [0, 0.1) is 36.3 Å². The molecule has 0 unspecified atom stereocenters. The first-order chi connectivity index (χ1) is 39.3. The number of rotatable bonds is 62. The Bertz CT molecular complexity index is 1010. The molecule has 0 aromatic rings. The van der Waals surface area contributed by atoms with E-state index in [1.807, 2.05) is 0 Å². The number of hydrogen-bond donors (Lipinski definition) is 0. The fourth-order valence-electron chi connectivity index (χ4n) is 18.9. The van der Waals surface area contributed by atoms with Gasteiger partial charge in [-0.25, -0.2) is 0 Å². The van der Waals surface area contributed by atoms with E-state index in [-0.39, 0.29) is 0 Å². The summed E-state index contributed by atoms with van der Waals surface area (Å²) >= 11 is -1.27. The van der Waals surface area contributed by atoms with Gasteiger partial charge < -0.3 is 0 Å². The Morgan fingerprint density at radius 3 is 0.284 bits per heavy atom. The molecule has 0 aromatic carbocycles. The van der Waals surface area contributed by atoms with Crippen molar-refractivity contribution in [1.29, 1.82) is 0 Å². The molecule has 0 N–H and O–H groups in total. The van der Waals surface area contributed by atoms with Gasteiger partial charge in [0.15, 0.2) is 0 Å². The van der Waals surface area contributed by atoms with Crippen LogP contribution in [0.25, 0.3) is 0 Å². The quantitative estimate of drug-likeness (QED) is 0.0533. The van der Waals surface area contributed by atoms with Gasteiger partial charge in [0.1, 0.15) is 0 Å². The predicted molar refractivity (Wildman–Crippen MR) is 395 cm³/mol. The summed E-state index contributed by atoms with van der Waals surface area (Å²) in [5.41, 5.74) is 0. The zero-order valence-electron chi connectivity index (χ0n) is 60.6. The molecule has 0 radical (unpaired) electrons. The van der Waals surface area contributed by atoms with Gasteiger partial charge in [0.05, 0.1) is 0 Å². The summed E-state index contributed by atoms with van der Waals surface area (Å²) in [5, 5.41) is 0. The second-order valence-corrected chi connectivity index (χ2v) is 73.0. The summed E-state index contributed by atoms with van der Waals surface area (Å²) in [4.78, 5) is 0. The third-order valence-corrected chi connectivity index (χ3v) is 106. The second kappa shape index (κ2) is 49.4. The molecule has 0 rings (SSSR count). The molecule has 0 aliphatic rings. The van der Waals surface area contributed by atoms with Crippen LogP contribution in [-0.4, -0.2) is 48.4 Å². The first-order valence-corrected chi connectivity index (χ1v) is 57.3. The standard InChI is InChI=1S/2C37H81Si3.Sm/c2*1-10-19-28-38(29-20-11-2,30-21-12-3)37(39(31-22-13-4,32-23-14-5)33-24-15-6)40(34-25-16-7,35-26-17-8)36-27-18-9;/h2*10-36H2,1-9H3;. The van der Waals surface area contributed by atoms with Crippen LogP contribution in [0.2, 0.25) is 109 Å². The third kappa shape index (κ3) is 23.1. The summed E-state index contributed by atoms with van der Waals surface area (Å²) < 4.78 is 1.81. The molecule has 81 heavy (non-hydrogen) atoms. The van der Waals surface area contributed by atoms with Gasteiger partial charge in [0, 0.05) is 0 Å². The van der Waals surface area contributed by atoms with Crippen molar-refractivity contribution in [3.05, 3.63) is 0 Å². The fourth-order valence-corrected chi connectivity index (χ4v) is 135. The molecule has 488 valence electrons. The van der Waals surface area contributed by atoms with Gasteiger partial charge in [-0.2, -0.15) is 0 Å². The van der Waals surface area contributed by atoms with Crippen LogP contribution in [0.15, 0.2) is 0 Å². The topological polar surface area (TPSA) is 0 Å². The SMILES string of the molecule is CCCC[Si](CCCC)(CCCC)[C]([Sm][C]([Si](CCCC)(CCCC)CCCC)([Si](CCCC)(CCCC)CCCC)[Si](CCCC)(CCCC)CCCC)([Si](CCCC)(CCCC)CCCC)[Si](CCCC)(CCCC)CCCC. The summed E-state index contributed by atoms with van der Waals surface area (Å²) in [6.45, 7) is 48.8. The molecule has 0 nitrogen and oxygen atoms in total. The zero-order chi connectivity index (χ0) is 60.9. The zero-order valence-corrected chi connectivity index (χ0v) is 69.2. The number of unbranched alkanes of at least 4 members (excludes halogenated alkanes) is 18. The summed E-state index contributed by atoms with van der Waals surface area (Å²) in [5.74, 6) is 0. The van der Waals surface area contributed by atoms with Crippen molar-refractivity contribution >= 4 is 48.4 Å². The minimum absolute atomic E-state index is 0.903. The average Bonchev–Trinajstić information content (AvgIpc) is 3.50. The van der Waals surface area contributed by atoms with E-state index in [0.717, 1.165) is -0.000499 Å². The summed E-state index contributed by atoms with van der Waals surface area (Å²) in [6.07, 6.45) is 55.2. The van der Waals surface area contributed by atoms with Crippen LogP contribution in [0.1, 0.15) is 356 Å². The normalized spacial score (nSPS) is 13.6. The Hall–Kier alpha value is 2.64. The first kappa shape index (κ1) is 83.6. The van der Waals surface area contributed by atoms with Crippen molar-refractivity contribution in [2.75, 3.05) is 0 Å². The molecule has 0 bridgehead atoms. The van der Waals surface area contributed by atoms with Gasteiger partial charge in [-0.3, -0.25) is 0 Å². The van der Waals surface area contributed by atoms with E-state index in [0.29, 0.717) is 0 Å². The Morgan fingerprint density at radius 2 is 0.222 bits per heavy atom. The van der Waals surface area contributed by atoms with Crippen LogP contribution < -0.4 is 0 Å². The molecule has 0 aromatic heterocycles. The Labute approximate surface area is 544 Å². The van der Waals surface area contributed by atoms with Gasteiger partial charge in [-0.15, -0.1) is 0 Å². The first-order valence-electron chi connectivity index (χ1n) is 39.0. The Balaban J connectivity index is 12.7. The van der Waals surface area contributed by atoms with Crippen molar-refractivity contribution in [1.82, 2.24) is 0 Å². The second-order valence-electron chi connectivity index (χ2n) is 29.0. The Morgan fingerprint density at radius 1 is 0.148 bits per heavy atom. The summed E-state index contributed by atoms with van der Waals surface area (Å²) in [6, 6.07) is 32.4. The van der Waals surface area contributed by atoms with Gasteiger partial charge >= 0.3 is 549 Å². The van der Waals surface area contributed by atoms with E-state index in [1.165, 1.54) is 116 Å². The van der Waals surface area contributed by atoms with E-state index in [1.54, 1.807) is 224 Å². The van der Waals surface area contributed by atoms with Crippen LogP contribution >= 0.6 is 0 Å². The Kier molecular flexibility index (Phi) is 51.0. The van der Waals surface area contributed by atoms with Crippen molar-refractivity contribution in [3.63, 3.8) is 0 Å². The van der Waals surface area contributed by atoms with Gasteiger partial charge in [-0.1, -0.05) is 0 Å². The van der Waals surface area contributed by atoms with E-state index < -0.39 is 84.7 Å². The van der Waals surface area contributed by atoms with Gasteiger partial charge in [0.25, 0.3) is 0 Å². The molecule has 0 saturated heterocycles. The molecule has 0 spiro atoms. The predicted octanol–water partition coefficient (Wildman–Crippen LogP) is 29.7. The molecule has 0 amide bonds. The molecule has 0 aliphatic heterocycles. The monoisotopic (exact) mass is 1370 g/mol. The molecule has 7 heteroatoms. The molecule has 0 heterocycles. The van der Waals surface area contributed by atoms with Crippen molar-refractivity contribution in [3.8, 4) is 0 Å². The van der Waals surface area contributed by atoms with E-state index in [2.05, 4.69) is 125 Å².